The van der Waals surface area contributed by atoms with Gasteiger partial charge in [-0.25, -0.2) is 14.0 Å². The molecule has 30 heavy (non-hydrogen) atoms. The Morgan fingerprint density at radius 2 is 1.83 bits per heavy atom. The number of hydrogen-bond donors (Lipinski definition) is 1. The number of esters is 2. The summed E-state index contributed by atoms with van der Waals surface area (Å²) in [7, 11) is 0. The lowest BCUT2D eigenvalue weighted by Crippen LogP contribution is -2.38. The monoisotopic (exact) mass is 418 g/mol. The van der Waals surface area contributed by atoms with Crippen molar-refractivity contribution in [3.05, 3.63) is 58.2 Å². The number of morpholine rings is 1. The molecule has 7 nitrogen and oxygen atoms in total. The van der Waals surface area contributed by atoms with Crippen LogP contribution in [-0.2, 0) is 20.8 Å². The molecule has 1 aliphatic heterocycles. The fraction of sp³-hybridized carbons (Fsp3) is 0.455. The van der Waals surface area contributed by atoms with Gasteiger partial charge in [-0.15, -0.1) is 0 Å². The molecule has 0 radical (unpaired) electrons. The predicted octanol–water partition coefficient (Wildman–Crippen LogP) is 3.39. The third-order valence-electron chi connectivity index (χ3n) is 5.06. The molecule has 1 aromatic heterocycles. The second-order valence-corrected chi connectivity index (χ2v) is 7.07. The van der Waals surface area contributed by atoms with Gasteiger partial charge in [0.05, 0.1) is 31.5 Å². The fourth-order valence-electron chi connectivity index (χ4n) is 3.61. The number of rotatable bonds is 7. The molecule has 1 N–H and O–H groups in total. The van der Waals surface area contributed by atoms with Gasteiger partial charge in [-0.1, -0.05) is 12.1 Å². The summed E-state index contributed by atoms with van der Waals surface area (Å²) in [5, 5.41) is 0. The summed E-state index contributed by atoms with van der Waals surface area (Å²) in [6, 6.07) is 6.25. The third-order valence-corrected chi connectivity index (χ3v) is 5.06. The van der Waals surface area contributed by atoms with Crippen molar-refractivity contribution < 1.29 is 28.2 Å². The first-order chi connectivity index (χ1) is 14.4. The Bertz CT molecular complexity index is 894. The Hall–Kier alpha value is -2.71. The highest BCUT2D eigenvalue weighted by Gasteiger charge is 2.28. The molecule has 1 saturated heterocycles. The van der Waals surface area contributed by atoms with Crippen LogP contribution < -0.4 is 0 Å². The lowest BCUT2D eigenvalue weighted by atomic mass is 10.1. The number of carbonyl (C=O) groups is 2. The Balaban J connectivity index is 1.83. The number of hydrogen-bond acceptors (Lipinski definition) is 6. The number of aromatic nitrogens is 1. The summed E-state index contributed by atoms with van der Waals surface area (Å²) in [5.74, 6) is -1.27. The minimum Gasteiger partial charge on any atom is -0.462 e. The van der Waals surface area contributed by atoms with Crippen LogP contribution in [0.5, 0.6) is 0 Å². The molecule has 2 aromatic rings. The summed E-state index contributed by atoms with van der Waals surface area (Å²) in [5.41, 5.74) is 2.64. The Kier molecular flexibility index (Phi) is 7.23. The standard InChI is InChI=1S/C22H27FN2O5/c1-4-28-21(26)19-14(3)20(22(27)29-5-2)24-17(19)12-25-10-11-30-18(13-25)15-6-8-16(23)9-7-15/h6-9,18,24H,4-5,10-13H2,1-3H3/t18-/m0/s1. The number of nitrogens with zero attached hydrogens (tertiary/aromatic N) is 1. The molecule has 2 heterocycles. The van der Waals surface area contributed by atoms with Gasteiger partial charge in [0.2, 0.25) is 0 Å². The molecule has 162 valence electrons. The molecule has 1 aromatic carbocycles. The molecule has 0 amide bonds. The quantitative estimate of drug-likeness (QED) is 0.695. The maximum Gasteiger partial charge on any atom is 0.355 e. The van der Waals surface area contributed by atoms with E-state index < -0.39 is 11.9 Å². The number of H-pyrrole nitrogens is 1. The largest absolute Gasteiger partial charge is 0.462 e. The highest BCUT2D eigenvalue weighted by atomic mass is 19.1. The smallest absolute Gasteiger partial charge is 0.355 e. The van der Waals surface area contributed by atoms with E-state index in [0.29, 0.717) is 43.1 Å². The van der Waals surface area contributed by atoms with Gasteiger partial charge in [-0.05, 0) is 44.0 Å². The molecule has 0 aliphatic carbocycles. The highest BCUT2D eigenvalue weighted by Crippen LogP contribution is 2.26. The second-order valence-electron chi connectivity index (χ2n) is 7.07. The fourth-order valence-corrected chi connectivity index (χ4v) is 3.61. The van der Waals surface area contributed by atoms with Crippen LogP contribution in [0.3, 0.4) is 0 Å². The van der Waals surface area contributed by atoms with Gasteiger partial charge in [0.15, 0.2) is 0 Å². The number of aromatic amines is 1. The first-order valence-electron chi connectivity index (χ1n) is 10.1. The summed E-state index contributed by atoms with van der Waals surface area (Å²) in [6.07, 6.45) is -0.203. The number of carbonyl (C=O) groups excluding carboxylic acids is 2. The van der Waals surface area contributed by atoms with Crippen molar-refractivity contribution in [3.8, 4) is 0 Å². The molecule has 1 fully saturated rings. The molecule has 0 unspecified atom stereocenters. The van der Waals surface area contributed by atoms with Crippen molar-refractivity contribution in [2.24, 2.45) is 0 Å². The van der Waals surface area contributed by atoms with Gasteiger partial charge in [0, 0.05) is 25.3 Å². The molecular formula is C22H27FN2O5. The molecule has 0 bridgehead atoms. The topological polar surface area (TPSA) is 80.9 Å². The summed E-state index contributed by atoms with van der Waals surface area (Å²) in [4.78, 5) is 30.1. The predicted molar refractivity (Wildman–Crippen MR) is 108 cm³/mol. The maximum absolute atomic E-state index is 13.2. The van der Waals surface area contributed by atoms with Gasteiger partial charge >= 0.3 is 11.9 Å². The molecule has 1 atom stereocenters. The van der Waals surface area contributed by atoms with E-state index in [2.05, 4.69) is 9.88 Å². The van der Waals surface area contributed by atoms with E-state index in [9.17, 15) is 14.0 Å². The minimum atomic E-state index is -0.502. The summed E-state index contributed by atoms with van der Waals surface area (Å²) in [6.45, 7) is 7.79. The maximum atomic E-state index is 13.2. The van der Waals surface area contributed by atoms with Crippen molar-refractivity contribution >= 4 is 11.9 Å². The molecular weight excluding hydrogens is 391 g/mol. The van der Waals surface area contributed by atoms with Gasteiger partial charge < -0.3 is 19.2 Å². The van der Waals surface area contributed by atoms with Crippen LogP contribution in [0.2, 0.25) is 0 Å². The van der Waals surface area contributed by atoms with Crippen molar-refractivity contribution in [2.75, 3.05) is 32.9 Å². The van der Waals surface area contributed by atoms with Crippen molar-refractivity contribution in [3.63, 3.8) is 0 Å². The van der Waals surface area contributed by atoms with Crippen LogP contribution >= 0.6 is 0 Å². The molecule has 0 saturated carbocycles. The van der Waals surface area contributed by atoms with Crippen molar-refractivity contribution in [1.82, 2.24) is 9.88 Å². The van der Waals surface area contributed by atoms with E-state index in [4.69, 9.17) is 14.2 Å². The average Bonchev–Trinajstić information content (AvgIpc) is 3.05. The van der Waals surface area contributed by atoms with Gasteiger partial charge in [-0.3, -0.25) is 4.90 Å². The van der Waals surface area contributed by atoms with Crippen molar-refractivity contribution in [1.29, 1.82) is 0 Å². The summed E-state index contributed by atoms with van der Waals surface area (Å²) >= 11 is 0. The van der Waals surface area contributed by atoms with E-state index in [0.717, 1.165) is 5.56 Å². The van der Waals surface area contributed by atoms with Crippen LogP contribution in [0.25, 0.3) is 0 Å². The van der Waals surface area contributed by atoms with Crippen LogP contribution in [0.1, 0.15) is 57.6 Å². The minimum absolute atomic E-state index is 0.203. The van der Waals surface area contributed by atoms with Crippen molar-refractivity contribution in [2.45, 2.75) is 33.4 Å². The van der Waals surface area contributed by atoms with E-state index in [1.165, 1.54) is 12.1 Å². The number of ether oxygens (including phenoxy) is 3. The Morgan fingerprint density at radius 1 is 1.17 bits per heavy atom. The zero-order valence-corrected chi connectivity index (χ0v) is 17.5. The van der Waals surface area contributed by atoms with E-state index in [1.807, 2.05) is 0 Å². The SMILES string of the molecule is CCOC(=O)c1[nH]c(CN2CCO[C@H](c3ccc(F)cc3)C2)c(C(=O)OCC)c1C. The average molecular weight is 418 g/mol. The second kappa shape index (κ2) is 9.86. The molecule has 3 rings (SSSR count). The molecule has 1 aliphatic rings. The lowest BCUT2D eigenvalue weighted by Gasteiger charge is -2.33. The van der Waals surface area contributed by atoms with Gasteiger partial charge in [0.1, 0.15) is 11.5 Å². The van der Waals surface area contributed by atoms with Crippen LogP contribution in [0.4, 0.5) is 4.39 Å². The van der Waals surface area contributed by atoms with Crippen LogP contribution in [0.15, 0.2) is 24.3 Å². The Labute approximate surface area is 175 Å². The zero-order chi connectivity index (χ0) is 21.7. The first-order valence-corrected chi connectivity index (χ1v) is 10.1. The van der Waals surface area contributed by atoms with E-state index in [-0.39, 0.29) is 30.8 Å². The van der Waals surface area contributed by atoms with Crippen LogP contribution in [-0.4, -0.2) is 54.7 Å². The summed E-state index contributed by atoms with van der Waals surface area (Å²) < 4.78 is 29.4. The van der Waals surface area contributed by atoms with Gasteiger partial charge in [0.25, 0.3) is 0 Å². The molecule has 0 spiro atoms. The highest BCUT2D eigenvalue weighted by molar-refractivity contribution is 5.98. The number of benzene rings is 1. The molecule has 8 heteroatoms. The van der Waals surface area contributed by atoms with Crippen LogP contribution in [0, 0.1) is 12.7 Å². The first kappa shape index (κ1) is 22.0. The van der Waals surface area contributed by atoms with E-state index in [1.54, 1.807) is 32.9 Å². The van der Waals surface area contributed by atoms with Gasteiger partial charge in [-0.2, -0.15) is 0 Å². The number of nitrogens with one attached hydrogen (secondary N) is 1. The Morgan fingerprint density at radius 3 is 2.50 bits per heavy atom. The normalized spacial score (nSPS) is 17.0. The third kappa shape index (κ3) is 4.88. The zero-order valence-electron chi connectivity index (χ0n) is 17.5. The van der Waals surface area contributed by atoms with E-state index >= 15 is 0 Å². The number of halogens is 1. The lowest BCUT2D eigenvalue weighted by molar-refractivity contribution is -0.0333.